The van der Waals surface area contributed by atoms with Gasteiger partial charge in [0, 0.05) is 6.61 Å². The third-order valence-electron chi connectivity index (χ3n) is 1.32. The highest BCUT2D eigenvalue weighted by Crippen LogP contribution is 2.30. The van der Waals surface area contributed by atoms with Gasteiger partial charge in [0.25, 0.3) is 0 Å². The van der Waals surface area contributed by atoms with Gasteiger partial charge in [-0.15, -0.1) is 0 Å². The van der Waals surface area contributed by atoms with E-state index >= 15 is 0 Å². The molecule has 0 aliphatic rings. The summed E-state index contributed by atoms with van der Waals surface area (Å²) < 4.78 is 74.9. The first-order valence-electron chi connectivity index (χ1n) is 3.89. The number of ether oxygens (including phenoxy) is 1. The molecule has 0 aromatic carbocycles. The van der Waals surface area contributed by atoms with Crippen molar-refractivity contribution >= 4 is 0 Å². The van der Waals surface area contributed by atoms with Gasteiger partial charge in [-0.1, -0.05) is 0 Å². The van der Waals surface area contributed by atoms with Gasteiger partial charge in [0.1, 0.15) is 0 Å². The molecule has 14 heavy (non-hydrogen) atoms. The van der Waals surface area contributed by atoms with Gasteiger partial charge in [0.15, 0.2) is 0 Å². The van der Waals surface area contributed by atoms with Crippen LogP contribution in [0, 0.1) is 0 Å². The lowest BCUT2D eigenvalue weighted by molar-refractivity contribution is -0.194. The zero-order valence-electron chi connectivity index (χ0n) is 7.37. The molecule has 0 heterocycles. The third-order valence-corrected chi connectivity index (χ3v) is 1.32. The van der Waals surface area contributed by atoms with Crippen molar-refractivity contribution < 1.29 is 31.1 Å². The Hall–Kier alpha value is -0.460. The third kappa shape index (κ3) is 8.15. The van der Waals surface area contributed by atoms with E-state index in [1.165, 1.54) is 6.92 Å². The molecule has 0 radical (unpaired) electrons. The van der Waals surface area contributed by atoms with Gasteiger partial charge in [-0.25, -0.2) is 0 Å². The van der Waals surface area contributed by atoms with E-state index < -0.39 is 31.3 Å². The molecule has 0 aliphatic heterocycles. The Morgan fingerprint density at radius 3 is 1.50 bits per heavy atom. The minimum atomic E-state index is -4.63. The monoisotopic (exact) mass is 224 g/mol. The number of halogens is 6. The van der Waals surface area contributed by atoms with E-state index in [-0.39, 0.29) is 6.61 Å². The van der Waals surface area contributed by atoms with Crippen LogP contribution in [0.25, 0.3) is 0 Å². The smallest absolute Gasteiger partial charge is 0.378 e. The fourth-order valence-electron chi connectivity index (χ4n) is 0.942. The molecule has 0 aliphatic carbocycles. The molecule has 0 fully saturated rings. The van der Waals surface area contributed by atoms with Gasteiger partial charge in [-0.2, -0.15) is 26.3 Å². The Bertz CT molecular complexity index is 145. The van der Waals surface area contributed by atoms with Crippen molar-refractivity contribution in [2.24, 2.45) is 0 Å². The SMILES string of the molecule is CCOC(CC(F)(F)F)CC(F)(F)F. The van der Waals surface area contributed by atoms with Crippen LogP contribution in [0.5, 0.6) is 0 Å². The van der Waals surface area contributed by atoms with Crippen LogP contribution in [0.3, 0.4) is 0 Å². The number of alkyl halides is 6. The van der Waals surface area contributed by atoms with Crippen molar-refractivity contribution in [1.82, 2.24) is 0 Å². The summed E-state index contributed by atoms with van der Waals surface area (Å²) in [5, 5.41) is 0. The first-order chi connectivity index (χ1) is 6.14. The van der Waals surface area contributed by atoms with Gasteiger partial charge in [0.05, 0.1) is 18.9 Å². The van der Waals surface area contributed by atoms with Crippen LogP contribution in [-0.2, 0) is 4.74 Å². The fraction of sp³-hybridized carbons (Fsp3) is 1.00. The minimum absolute atomic E-state index is 0.170. The van der Waals surface area contributed by atoms with Gasteiger partial charge in [-0.05, 0) is 6.92 Å². The van der Waals surface area contributed by atoms with Crippen LogP contribution >= 0.6 is 0 Å². The second-order valence-electron chi connectivity index (χ2n) is 2.72. The molecule has 0 aromatic heterocycles. The maximum absolute atomic E-state index is 11.8. The highest BCUT2D eigenvalue weighted by atomic mass is 19.4. The predicted molar refractivity (Wildman–Crippen MR) is 36.8 cm³/mol. The molecule has 0 bridgehead atoms. The maximum Gasteiger partial charge on any atom is 0.391 e. The molecule has 0 atom stereocenters. The average Bonchev–Trinajstić information content (AvgIpc) is 1.78. The first-order valence-corrected chi connectivity index (χ1v) is 3.89. The molecule has 0 rings (SSSR count). The van der Waals surface area contributed by atoms with Crippen LogP contribution in [0.2, 0.25) is 0 Å². The Kier molecular flexibility index (Phi) is 4.70. The lowest BCUT2D eigenvalue weighted by Gasteiger charge is -2.19. The molecule has 0 saturated carbocycles. The molecule has 0 amide bonds. The van der Waals surface area contributed by atoms with E-state index in [2.05, 4.69) is 4.74 Å². The highest BCUT2D eigenvalue weighted by molar-refractivity contribution is 4.68. The van der Waals surface area contributed by atoms with Crippen molar-refractivity contribution in [3.05, 3.63) is 0 Å². The second kappa shape index (κ2) is 4.86. The van der Waals surface area contributed by atoms with Gasteiger partial charge in [0.2, 0.25) is 0 Å². The number of rotatable bonds is 4. The molecule has 0 spiro atoms. The van der Waals surface area contributed by atoms with E-state index in [0.717, 1.165) is 0 Å². The van der Waals surface area contributed by atoms with Crippen LogP contribution in [-0.4, -0.2) is 25.1 Å². The predicted octanol–water partition coefficient (Wildman–Crippen LogP) is 3.30. The van der Waals surface area contributed by atoms with Crippen molar-refractivity contribution in [3.63, 3.8) is 0 Å². The average molecular weight is 224 g/mol. The quantitative estimate of drug-likeness (QED) is 0.666. The molecule has 0 aromatic rings. The molecule has 0 saturated heterocycles. The standard InChI is InChI=1S/C7H10F6O/c1-2-14-5(3-6(8,9)10)4-7(11,12)13/h5H,2-4H2,1H3. The Labute approximate surface area is 77.0 Å². The summed E-state index contributed by atoms with van der Waals surface area (Å²) >= 11 is 0. The molecule has 0 unspecified atom stereocenters. The fourth-order valence-corrected chi connectivity index (χ4v) is 0.942. The van der Waals surface area contributed by atoms with Gasteiger partial charge < -0.3 is 4.74 Å². The zero-order chi connectivity index (χ0) is 11.4. The maximum atomic E-state index is 11.8. The van der Waals surface area contributed by atoms with Crippen LogP contribution in [0.15, 0.2) is 0 Å². The van der Waals surface area contributed by atoms with E-state index in [1.54, 1.807) is 0 Å². The van der Waals surface area contributed by atoms with Crippen molar-refractivity contribution in [1.29, 1.82) is 0 Å². The summed E-state index contributed by atoms with van der Waals surface area (Å²) in [5.41, 5.74) is 0. The normalized spacial score (nSPS) is 13.7. The summed E-state index contributed by atoms with van der Waals surface area (Å²) in [5.74, 6) is 0. The van der Waals surface area contributed by atoms with Crippen molar-refractivity contribution in [2.75, 3.05) is 6.61 Å². The highest BCUT2D eigenvalue weighted by Gasteiger charge is 2.39. The Balaban J connectivity index is 4.16. The van der Waals surface area contributed by atoms with E-state index in [4.69, 9.17) is 0 Å². The summed E-state index contributed by atoms with van der Waals surface area (Å²) in [4.78, 5) is 0. The van der Waals surface area contributed by atoms with E-state index in [1.807, 2.05) is 0 Å². The number of hydrogen-bond acceptors (Lipinski definition) is 1. The van der Waals surface area contributed by atoms with Crippen LogP contribution < -0.4 is 0 Å². The lowest BCUT2D eigenvalue weighted by Crippen LogP contribution is -2.28. The topological polar surface area (TPSA) is 9.23 Å². The molecule has 1 nitrogen and oxygen atoms in total. The summed E-state index contributed by atoms with van der Waals surface area (Å²) in [6.45, 7) is 1.18. The van der Waals surface area contributed by atoms with E-state index in [0.29, 0.717) is 0 Å². The molecule has 86 valence electrons. The molecular formula is C7H10F6O. The van der Waals surface area contributed by atoms with Crippen LogP contribution in [0.4, 0.5) is 26.3 Å². The lowest BCUT2D eigenvalue weighted by atomic mass is 10.2. The first kappa shape index (κ1) is 13.5. The van der Waals surface area contributed by atoms with Crippen molar-refractivity contribution in [3.8, 4) is 0 Å². The van der Waals surface area contributed by atoms with E-state index in [9.17, 15) is 26.3 Å². The van der Waals surface area contributed by atoms with Crippen molar-refractivity contribution in [2.45, 2.75) is 38.2 Å². The summed E-state index contributed by atoms with van der Waals surface area (Å²) in [7, 11) is 0. The largest absolute Gasteiger partial charge is 0.391 e. The van der Waals surface area contributed by atoms with Gasteiger partial charge in [-0.3, -0.25) is 0 Å². The second-order valence-corrected chi connectivity index (χ2v) is 2.72. The summed E-state index contributed by atoms with van der Waals surface area (Å²) in [6.07, 6.45) is -14.2. The van der Waals surface area contributed by atoms with Crippen LogP contribution in [0.1, 0.15) is 19.8 Å². The molecule has 7 heteroatoms. The minimum Gasteiger partial charge on any atom is -0.378 e. The molecule has 0 N–H and O–H groups in total. The Morgan fingerprint density at radius 1 is 0.929 bits per heavy atom. The zero-order valence-corrected chi connectivity index (χ0v) is 7.37. The Morgan fingerprint density at radius 2 is 1.29 bits per heavy atom. The molecular weight excluding hydrogens is 214 g/mol. The van der Waals surface area contributed by atoms with Gasteiger partial charge >= 0.3 is 12.4 Å². The number of hydrogen-bond donors (Lipinski definition) is 0. The summed E-state index contributed by atoms with van der Waals surface area (Å²) in [6, 6.07) is 0.